The molecule has 138 valence electrons. The van der Waals surface area contributed by atoms with Gasteiger partial charge < -0.3 is 10.2 Å². The van der Waals surface area contributed by atoms with Gasteiger partial charge >= 0.3 is 0 Å². The second kappa shape index (κ2) is 12.1. The predicted octanol–water partition coefficient (Wildman–Crippen LogP) is 3.38. The van der Waals surface area contributed by atoms with Gasteiger partial charge in [0.05, 0.1) is 5.69 Å². The zero-order chi connectivity index (χ0) is 17.8. The van der Waals surface area contributed by atoms with Gasteiger partial charge in [0.1, 0.15) is 6.54 Å². The van der Waals surface area contributed by atoms with Gasteiger partial charge in [-0.2, -0.15) is 5.10 Å². The van der Waals surface area contributed by atoms with E-state index < -0.39 is 0 Å². The summed E-state index contributed by atoms with van der Waals surface area (Å²) in [6.45, 7) is 12.0. The summed E-state index contributed by atoms with van der Waals surface area (Å²) in [5, 5.41) is 7.37. The zero-order valence-corrected chi connectivity index (χ0v) is 16.1. The average molecular weight is 337 g/mol. The van der Waals surface area contributed by atoms with Crippen LogP contribution in [0, 0.1) is 6.92 Å². The van der Waals surface area contributed by atoms with E-state index >= 15 is 0 Å². The van der Waals surface area contributed by atoms with Crippen molar-refractivity contribution in [1.82, 2.24) is 20.0 Å². The van der Waals surface area contributed by atoms with Crippen LogP contribution >= 0.6 is 0 Å². The predicted molar refractivity (Wildman–Crippen MR) is 100 cm³/mol. The molecule has 0 aromatic carbocycles. The first kappa shape index (κ1) is 20.7. The van der Waals surface area contributed by atoms with Crippen LogP contribution in [-0.4, -0.2) is 46.3 Å². The molecule has 0 spiro atoms. The van der Waals surface area contributed by atoms with Crippen molar-refractivity contribution in [3.8, 4) is 0 Å². The summed E-state index contributed by atoms with van der Waals surface area (Å²) >= 11 is 0. The van der Waals surface area contributed by atoms with Gasteiger partial charge in [0.25, 0.3) is 0 Å². The first-order valence-corrected chi connectivity index (χ1v) is 9.56. The summed E-state index contributed by atoms with van der Waals surface area (Å²) in [4.78, 5) is 14.7. The van der Waals surface area contributed by atoms with E-state index in [9.17, 15) is 4.79 Å². The first-order chi connectivity index (χ1) is 11.5. The highest BCUT2D eigenvalue weighted by molar-refractivity contribution is 5.75. The monoisotopic (exact) mass is 336 g/mol. The molecule has 5 nitrogen and oxygen atoms in total. The van der Waals surface area contributed by atoms with Crippen LogP contribution in [0.4, 0.5) is 0 Å². The molecule has 1 atom stereocenters. The number of nitrogens with one attached hydrogen (secondary N) is 1. The quantitative estimate of drug-likeness (QED) is 0.562. The normalized spacial score (nSPS) is 12.5. The minimum Gasteiger partial charge on any atom is -0.351 e. The summed E-state index contributed by atoms with van der Waals surface area (Å²) in [6.07, 6.45) is 9.40. The van der Waals surface area contributed by atoms with Crippen molar-refractivity contribution in [2.45, 2.75) is 78.8 Å². The topological polar surface area (TPSA) is 50.2 Å². The highest BCUT2D eigenvalue weighted by atomic mass is 16.2. The maximum atomic E-state index is 12.1. The van der Waals surface area contributed by atoms with Crippen LogP contribution in [0.2, 0.25) is 0 Å². The molecular formula is C19H36N4O. The number of hydrogen-bond acceptors (Lipinski definition) is 3. The molecule has 1 rings (SSSR count). The number of carbonyl (C=O) groups is 1. The lowest BCUT2D eigenvalue weighted by molar-refractivity contribution is -0.122. The number of aryl methyl sites for hydroxylation is 1. The number of nitrogens with zero attached hydrogens (tertiary/aromatic N) is 3. The van der Waals surface area contributed by atoms with Crippen LogP contribution < -0.4 is 5.32 Å². The van der Waals surface area contributed by atoms with Gasteiger partial charge in [-0.3, -0.25) is 9.48 Å². The third-order valence-electron chi connectivity index (χ3n) is 4.17. The van der Waals surface area contributed by atoms with Crippen LogP contribution in [0.25, 0.3) is 0 Å². The van der Waals surface area contributed by atoms with Crippen LogP contribution in [0.3, 0.4) is 0 Å². The molecule has 0 bridgehead atoms. The standard InChI is InChI=1S/C19H36N4O/c1-5-7-9-12-22(13-10-8-6-2)15-18(4)20-19(24)16-23-14-11-17(3)21-23/h11,14,18H,5-10,12-13,15-16H2,1-4H3,(H,20,24). The van der Waals surface area contributed by atoms with Gasteiger partial charge in [0.2, 0.25) is 5.91 Å². The molecule has 1 unspecified atom stereocenters. The molecule has 0 saturated heterocycles. The molecule has 0 radical (unpaired) electrons. The Kier molecular flexibility index (Phi) is 10.4. The molecule has 24 heavy (non-hydrogen) atoms. The molecule has 0 aliphatic carbocycles. The van der Waals surface area contributed by atoms with Crippen molar-refractivity contribution in [1.29, 1.82) is 0 Å². The van der Waals surface area contributed by atoms with Crippen LogP contribution in [0.1, 0.15) is 65.0 Å². The molecule has 1 aromatic rings. The van der Waals surface area contributed by atoms with E-state index in [1.54, 1.807) is 4.68 Å². The summed E-state index contributed by atoms with van der Waals surface area (Å²) in [7, 11) is 0. The summed E-state index contributed by atoms with van der Waals surface area (Å²) in [5.74, 6) is 0.0349. The van der Waals surface area contributed by atoms with Gasteiger partial charge in [-0.15, -0.1) is 0 Å². The van der Waals surface area contributed by atoms with Gasteiger partial charge in [-0.1, -0.05) is 39.5 Å². The summed E-state index contributed by atoms with van der Waals surface area (Å²) < 4.78 is 1.69. The molecule has 0 aliphatic rings. The van der Waals surface area contributed by atoms with Gasteiger partial charge in [0.15, 0.2) is 0 Å². The first-order valence-electron chi connectivity index (χ1n) is 9.56. The average Bonchev–Trinajstić information content (AvgIpc) is 2.92. The smallest absolute Gasteiger partial charge is 0.241 e. The number of rotatable bonds is 13. The fraction of sp³-hybridized carbons (Fsp3) is 0.789. The lowest BCUT2D eigenvalue weighted by Gasteiger charge is -2.26. The molecule has 1 amide bonds. The van der Waals surface area contributed by atoms with E-state index in [4.69, 9.17) is 0 Å². The Bertz CT molecular complexity index is 448. The van der Waals surface area contributed by atoms with Crippen LogP contribution in [0.15, 0.2) is 12.3 Å². The Morgan fingerprint density at radius 3 is 2.33 bits per heavy atom. The van der Waals surface area contributed by atoms with Crippen molar-refractivity contribution in [3.05, 3.63) is 18.0 Å². The molecule has 1 aromatic heterocycles. The van der Waals surface area contributed by atoms with E-state index in [1.807, 2.05) is 19.2 Å². The van der Waals surface area contributed by atoms with Crippen molar-refractivity contribution in [2.24, 2.45) is 0 Å². The van der Waals surface area contributed by atoms with E-state index in [1.165, 1.54) is 38.5 Å². The number of amides is 1. The Labute approximate surface area is 147 Å². The Morgan fingerprint density at radius 2 is 1.83 bits per heavy atom. The largest absolute Gasteiger partial charge is 0.351 e. The van der Waals surface area contributed by atoms with Crippen molar-refractivity contribution >= 4 is 5.91 Å². The summed E-state index contributed by atoms with van der Waals surface area (Å²) in [5.41, 5.74) is 0.939. The highest BCUT2D eigenvalue weighted by Crippen LogP contribution is 2.04. The van der Waals surface area contributed by atoms with E-state index in [2.05, 4.69) is 36.1 Å². The second-order valence-electron chi connectivity index (χ2n) is 6.84. The Morgan fingerprint density at radius 1 is 1.21 bits per heavy atom. The van der Waals surface area contributed by atoms with Crippen molar-refractivity contribution in [2.75, 3.05) is 19.6 Å². The maximum Gasteiger partial charge on any atom is 0.241 e. The van der Waals surface area contributed by atoms with Gasteiger partial charge in [0, 0.05) is 18.8 Å². The van der Waals surface area contributed by atoms with Crippen molar-refractivity contribution < 1.29 is 4.79 Å². The number of hydrogen-bond donors (Lipinski definition) is 1. The van der Waals surface area contributed by atoms with Crippen LogP contribution in [0.5, 0.6) is 0 Å². The molecule has 1 N–H and O–H groups in total. The fourth-order valence-corrected chi connectivity index (χ4v) is 2.92. The van der Waals surface area contributed by atoms with Gasteiger partial charge in [-0.05, 0) is 45.8 Å². The number of carbonyl (C=O) groups excluding carboxylic acids is 1. The molecule has 5 heteroatoms. The second-order valence-corrected chi connectivity index (χ2v) is 6.84. The molecule has 1 heterocycles. The molecule has 0 fully saturated rings. The number of aromatic nitrogens is 2. The maximum absolute atomic E-state index is 12.1. The zero-order valence-electron chi connectivity index (χ0n) is 16.1. The van der Waals surface area contributed by atoms with E-state index in [0.717, 1.165) is 25.3 Å². The highest BCUT2D eigenvalue weighted by Gasteiger charge is 2.13. The van der Waals surface area contributed by atoms with Gasteiger partial charge in [-0.25, -0.2) is 0 Å². The van der Waals surface area contributed by atoms with Crippen molar-refractivity contribution in [3.63, 3.8) is 0 Å². The fourth-order valence-electron chi connectivity index (χ4n) is 2.92. The van der Waals surface area contributed by atoms with E-state index in [-0.39, 0.29) is 11.9 Å². The minimum absolute atomic E-state index is 0.0349. The van der Waals surface area contributed by atoms with E-state index in [0.29, 0.717) is 6.54 Å². The lowest BCUT2D eigenvalue weighted by atomic mass is 10.2. The third-order valence-corrected chi connectivity index (χ3v) is 4.17. The number of unbranched alkanes of at least 4 members (excludes halogenated alkanes) is 4. The molecule has 0 aliphatic heterocycles. The lowest BCUT2D eigenvalue weighted by Crippen LogP contribution is -2.43. The van der Waals surface area contributed by atoms with Crippen LogP contribution in [-0.2, 0) is 11.3 Å². The SMILES string of the molecule is CCCCCN(CCCCC)CC(C)NC(=O)Cn1ccc(C)n1. The summed E-state index contributed by atoms with van der Waals surface area (Å²) in [6, 6.07) is 2.08. The minimum atomic E-state index is 0.0349. The Balaban J connectivity index is 2.37. The third kappa shape index (κ3) is 9.06. The molecule has 0 saturated carbocycles. The Hall–Kier alpha value is -1.36. The molecular weight excluding hydrogens is 300 g/mol.